The Morgan fingerprint density at radius 1 is 1.30 bits per heavy atom. The van der Waals surface area contributed by atoms with Gasteiger partial charge in [-0.3, -0.25) is 4.90 Å². The van der Waals surface area contributed by atoms with Gasteiger partial charge in [-0.2, -0.15) is 0 Å². The summed E-state index contributed by atoms with van der Waals surface area (Å²) in [6, 6.07) is 3.82. The molecule has 0 amide bonds. The second kappa shape index (κ2) is 4.99. The van der Waals surface area contributed by atoms with E-state index < -0.39 is 0 Å². The Labute approximate surface area is 140 Å². The Bertz CT molecular complexity index is 654. The summed E-state index contributed by atoms with van der Waals surface area (Å²) in [6.45, 7) is 3.16. The Morgan fingerprint density at radius 2 is 2.13 bits per heavy atom. The number of aliphatic hydroxyl groups is 1. The summed E-state index contributed by atoms with van der Waals surface area (Å²) in [5, 5.41) is 10.4. The molecule has 23 heavy (non-hydrogen) atoms. The molecule has 0 radical (unpaired) electrons. The normalized spacial score (nSPS) is 37.6. The molecule has 4 aliphatic rings. The van der Waals surface area contributed by atoms with Gasteiger partial charge < -0.3 is 19.3 Å². The van der Waals surface area contributed by atoms with Crippen LogP contribution in [0.15, 0.2) is 12.1 Å². The van der Waals surface area contributed by atoms with Gasteiger partial charge in [-0.05, 0) is 24.5 Å². The van der Waals surface area contributed by atoms with Gasteiger partial charge in [0.05, 0.1) is 11.7 Å². The largest absolute Gasteiger partial charge is 0.454 e. The maximum absolute atomic E-state index is 9.71. The van der Waals surface area contributed by atoms with Crippen molar-refractivity contribution >= 4 is 11.6 Å². The molecule has 4 aliphatic heterocycles. The molecule has 1 N–H and O–H groups in total. The Hall–Kier alpha value is -1.01. The van der Waals surface area contributed by atoms with E-state index in [-0.39, 0.29) is 25.1 Å². The van der Waals surface area contributed by atoms with E-state index in [1.54, 1.807) is 0 Å². The highest BCUT2D eigenvalue weighted by molar-refractivity contribution is 6.31. The van der Waals surface area contributed by atoms with Gasteiger partial charge in [-0.1, -0.05) is 11.6 Å². The highest BCUT2D eigenvalue weighted by atomic mass is 35.5. The number of nitrogens with zero attached hydrogens (tertiary/aromatic N) is 1. The number of likely N-dealkylation sites (tertiary alicyclic amines) is 1. The average Bonchev–Trinajstić information content (AvgIpc) is 3.25. The maximum Gasteiger partial charge on any atom is 0.231 e. The third-order valence-electron chi connectivity index (χ3n) is 6.00. The van der Waals surface area contributed by atoms with Crippen LogP contribution in [0.4, 0.5) is 0 Å². The van der Waals surface area contributed by atoms with Crippen molar-refractivity contribution in [1.82, 2.24) is 4.90 Å². The fourth-order valence-electron chi connectivity index (χ4n) is 4.97. The lowest BCUT2D eigenvalue weighted by molar-refractivity contribution is 0.000381. The van der Waals surface area contributed by atoms with Crippen LogP contribution in [0.5, 0.6) is 11.5 Å². The first-order chi connectivity index (χ1) is 11.2. The van der Waals surface area contributed by atoms with E-state index in [9.17, 15) is 5.11 Å². The second-order valence-corrected chi connectivity index (χ2v) is 7.59. The Kier molecular flexibility index (Phi) is 3.11. The minimum atomic E-state index is -0.0408. The zero-order chi connectivity index (χ0) is 15.6. The lowest BCUT2D eigenvalue weighted by Crippen LogP contribution is -2.37. The van der Waals surface area contributed by atoms with E-state index in [0.717, 1.165) is 49.5 Å². The number of hydrogen-bond acceptors (Lipinski definition) is 5. The lowest BCUT2D eigenvalue weighted by atomic mass is 9.74. The van der Waals surface area contributed by atoms with Crippen molar-refractivity contribution in [2.45, 2.75) is 31.1 Å². The summed E-state index contributed by atoms with van der Waals surface area (Å²) < 4.78 is 17.1. The summed E-state index contributed by atoms with van der Waals surface area (Å²) in [6.07, 6.45) is 2.46. The summed E-state index contributed by atoms with van der Waals surface area (Å²) in [5.41, 5.74) is 1.02. The van der Waals surface area contributed by atoms with E-state index in [2.05, 4.69) is 4.90 Å². The van der Waals surface area contributed by atoms with Crippen LogP contribution in [0.3, 0.4) is 0 Å². The van der Waals surface area contributed by atoms with Crippen molar-refractivity contribution in [3.63, 3.8) is 0 Å². The molecule has 3 saturated heterocycles. The topological polar surface area (TPSA) is 51.2 Å². The van der Waals surface area contributed by atoms with Crippen LogP contribution >= 0.6 is 11.6 Å². The van der Waals surface area contributed by atoms with Crippen molar-refractivity contribution in [1.29, 1.82) is 0 Å². The van der Waals surface area contributed by atoms with Crippen LogP contribution in [-0.2, 0) is 11.3 Å². The van der Waals surface area contributed by atoms with Crippen LogP contribution in [0.1, 0.15) is 18.4 Å². The molecule has 124 valence electrons. The molecule has 0 aliphatic carbocycles. The maximum atomic E-state index is 9.71. The van der Waals surface area contributed by atoms with E-state index >= 15 is 0 Å². The molecule has 5 nitrogen and oxygen atoms in total. The first-order valence-electron chi connectivity index (χ1n) is 8.27. The van der Waals surface area contributed by atoms with E-state index in [1.165, 1.54) is 0 Å². The molecular weight excluding hydrogens is 318 g/mol. The summed E-state index contributed by atoms with van der Waals surface area (Å²) in [7, 11) is 0. The van der Waals surface area contributed by atoms with E-state index in [0.29, 0.717) is 16.9 Å². The van der Waals surface area contributed by atoms with E-state index in [4.69, 9.17) is 25.8 Å². The molecule has 1 aromatic carbocycles. The predicted molar refractivity (Wildman–Crippen MR) is 83.8 cm³/mol. The van der Waals surface area contributed by atoms with Crippen molar-refractivity contribution in [3.05, 3.63) is 22.7 Å². The van der Waals surface area contributed by atoms with E-state index in [1.807, 2.05) is 12.1 Å². The highest BCUT2D eigenvalue weighted by Crippen LogP contribution is 2.55. The number of benzene rings is 1. The summed E-state index contributed by atoms with van der Waals surface area (Å²) in [5.74, 6) is 2.23. The first kappa shape index (κ1) is 14.3. The van der Waals surface area contributed by atoms with Gasteiger partial charge in [0.2, 0.25) is 6.79 Å². The molecule has 4 atom stereocenters. The third kappa shape index (κ3) is 2.03. The minimum Gasteiger partial charge on any atom is -0.454 e. The summed E-state index contributed by atoms with van der Waals surface area (Å²) in [4.78, 5) is 2.40. The van der Waals surface area contributed by atoms with Gasteiger partial charge in [0.15, 0.2) is 11.5 Å². The zero-order valence-electron chi connectivity index (χ0n) is 12.8. The molecular formula is C17H20ClNO4. The van der Waals surface area contributed by atoms with Gasteiger partial charge >= 0.3 is 0 Å². The zero-order valence-corrected chi connectivity index (χ0v) is 13.6. The second-order valence-electron chi connectivity index (χ2n) is 7.18. The SMILES string of the molecule is OC[C@H]1[C@H]2CN(Cc3cc4c(cc3Cl)OCO4)C[C@]23CC[C@H]1O3. The van der Waals surface area contributed by atoms with Crippen molar-refractivity contribution < 1.29 is 19.3 Å². The van der Waals surface area contributed by atoms with Crippen LogP contribution in [-0.4, -0.2) is 48.2 Å². The first-order valence-corrected chi connectivity index (χ1v) is 8.65. The van der Waals surface area contributed by atoms with Crippen molar-refractivity contribution in [2.75, 3.05) is 26.5 Å². The molecule has 5 rings (SSSR count). The monoisotopic (exact) mass is 337 g/mol. The third-order valence-corrected chi connectivity index (χ3v) is 6.35. The quantitative estimate of drug-likeness (QED) is 0.914. The molecule has 4 heterocycles. The number of ether oxygens (including phenoxy) is 3. The molecule has 3 fully saturated rings. The highest BCUT2D eigenvalue weighted by Gasteiger charge is 2.62. The number of fused-ring (bicyclic) bond motifs is 2. The summed E-state index contributed by atoms with van der Waals surface area (Å²) >= 11 is 6.41. The predicted octanol–water partition coefficient (Wildman–Crippen LogP) is 2.04. The van der Waals surface area contributed by atoms with Crippen LogP contribution in [0, 0.1) is 11.8 Å². The standard InChI is InChI=1S/C17H20ClNO4/c18-13-4-16-15(21-9-22-16)3-10(13)5-19-6-12-11(7-20)14-1-2-17(12,8-19)23-14/h3-4,11-12,14,20H,1-2,5-9H2/t11-,12+,14+,17+/m0/s1. The smallest absolute Gasteiger partial charge is 0.231 e. The molecule has 6 heteroatoms. The molecule has 1 aromatic rings. The Morgan fingerprint density at radius 3 is 2.96 bits per heavy atom. The fraction of sp³-hybridized carbons (Fsp3) is 0.647. The fourth-order valence-corrected chi connectivity index (χ4v) is 5.19. The number of rotatable bonds is 3. The van der Waals surface area contributed by atoms with Crippen molar-refractivity contribution in [3.8, 4) is 11.5 Å². The minimum absolute atomic E-state index is 0.0408. The van der Waals surface area contributed by atoms with Crippen LogP contribution < -0.4 is 9.47 Å². The Balaban J connectivity index is 1.37. The van der Waals surface area contributed by atoms with Gasteiger partial charge in [-0.15, -0.1) is 0 Å². The number of hydrogen-bond donors (Lipinski definition) is 1. The van der Waals surface area contributed by atoms with Crippen molar-refractivity contribution in [2.24, 2.45) is 11.8 Å². The van der Waals surface area contributed by atoms with Gasteiger partial charge in [0.1, 0.15) is 0 Å². The molecule has 1 spiro atoms. The molecule has 0 unspecified atom stereocenters. The molecule has 0 saturated carbocycles. The van der Waals surface area contributed by atoms with Gasteiger partial charge in [-0.25, -0.2) is 0 Å². The van der Waals surface area contributed by atoms with Crippen LogP contribution in [0.25, 0.3) is 0 Å². The molecule has 2 bridgehead atoms. The average molecular weight is 338 g/mol. The van der Waals surface area contributed by atoms with Gasteiger partial charge in [0, 0.05) is 49.2 Å². The lowest BCUT2D eigenvalue weighted by Gasteiger charge is -2.28. The number of aliphatic hydroxyl groups excluding tert-OH is 1. The number of halogens is 1. The van der Waals surface area contributed by atoms with Crippen LogP contribution in [0.2, 0.25) is 5.02 Å². The molecule has 0 aromatic heterocycles. The van der Waals surface area contributed by atoms with Gasteiger partial charge in [0.25, 0.3) is 0 Å².